The number of nitrogens with zero attached hydrogens (tertiary/aromatic N) is 1. The third kappa shape index (κ3) is 5.39. The highest BCUT2D eigenvalue weighted by molar-refractivity contribution is 4.69. The molecule has 2 heterocycles. The standard InChI is InChI=1S/C15H30N2/c1(2-4-12-17-13-5-6-14-17)3-7-15-8-10-16-11-9-15/h15-16H,1-14H2. The molecule has 0 spiro atoms. The van der Waals surface area contributed by atoms with Gasteiger partial charge >= 0.3 is 0 Å². The molecule has 2 aliphatic heterocycles. The molecule has 2 nitrogen and oxygen atoms in total. The zero-order valence-corrected chi connectivity index (χ0v) is 11.4. The molecular weight excluding hydrogens is 208 g/mol. The van der Waals surface area contributed by atoms with E-state index in [1.807, 2.05) is 0 Å². The van der Waals surface area contributed by atoms with Crippen LogP contribution in [0, 0.1) is 5.92 Å². The third-order valence-corrected chi connectivity index (χ3v) is 4.49. The van der Waals surface area contributed by atoms with E-state index in [9.17, 15) is 0 Å². The Hall–Kier alpha value is -0.0800. The summed E-state index contributed by atoms with van der Waals surface area (Å²) in [6, 6.07) is 0. The number of unbranched alkanes of at least 4 members (excludes halogenated alkanes) is 3. The Morgan fingerprint density at radius 3 is 2.35 bits per heavy atom. The second-order valence-corrected chi connectivity index (χ2v) is 5.95. The Morgan fingerprint density at radius 2 is 1.59 bits per heavy atom. The molecule has 2 fully saturated rings. The quantitative estimate of drug-likeness (QED) is 0.686. The van der Waals surface area contributed by atoms with Crippen LogP contribution >= 0.6 is 0 Å². The minimum Gasteiger partial charge on any atom is -0.317 e. The summed E-state index contributed by atoms with van der Waals surface area (Å²) in [5.41, 5.74) is 0. The number of nitrogens with one attached hydrogen (secondary N) is 1. The first kappa shape index (κ1) is 13.4. The summed E-state index contributed by atoms with van der Waals surface area (Å²) in [5, 5.41) is 3.45. The molecule has 0 bridgehead atoms. The van der Waals surface area contributed by atoms with Crippen LogP contribution in [-0.2, 0) is 0 Å². The first-order chi connectivity index (χ1) is 8.45. The van der Waals surface area contributed by atoms with Gasteiger partial charge in [0.15, 0.2) is 0 Å². The van der Waals surface area contributed by atoms with Crippen molar-refractivity contribution in [2.45, 2.75) is 57.8 Å². The lowest BCUT2D eigenvalue weighted by molar-refractivity contribution is 0.319. The lowest BCUT2D eigenvalue weighted by atomic mass is 9.92. The van der Waals surface area contributed by atoms with Crippen molar-refractivity contribution in [2.24, 2.45) is 5.92 Å². The molecule has 0 amide bonds. The smallest absolute Gasteiger partial charge is 0.00183 e. The van der Waals surface area contributed by atoms with Crippen molar-refractivity contribution >= 4 is 0 Å². The fourth-order valence-electron chi connectivity index (χ4n) is 3.30. The average Bonchev–Trinajstić information content (AvgIpc) is 2.88. The van der Waals surface area contributed by atoms with Crippen LogP contribution in [0.5, 0.6) is 0 Å². The van der Waals surface area contributed by atoms with E-state index in [0.717, 1.165) is 5.92 Å². The fourth-order valence-corrected chi connectivity index (χ4v) is 3.30. The van der Waals surface area contributed by atoms with Crippen LogP contribution in [0.25, 0.3) is 0 Å². The molecule has 0 saturated carbocycles. The van der Waals surface area contributed by atoms with E-state index < -0.39 is 0 Å². The summed E-state index contributed by atoms with van der Waals surface area (Å²) in [6.07, 6.45) is 13.1. The van der Waals surface area contributed by atoms with Crippen molar-refractivity contribution in [1.82, 2.24) is 10.2 Å². The summed E-state index contributed by atoms with van der Waals surface area (Å²) < 4.78 is 0. The summed E-state index contributed by atoms with van der Waals surface area (Å²) in [4.78, 5) is 2.65. The van der Waals surface area contributed by atoms with Gasteiger partial charge < -0.3 is 10.2 Å². The number of hydrogen-bond donors (Lipinski definition) is 1. The first-order valence-electron chi connectivity index (χ1n) is 7.88. The molecule has 2 rings (SSSR count). The molecule has 17 heavy (non-hydrogen) atoms. The highest BCUT2D eigenvalue weighted by atomic mass is 15.1. The summed E-state index contributed by atoms with van der Waals surface area (Å²) in [6.45, 7) is 6.64. The van der Waals surface area contributed by atoms with Crippen molar-refractivity contribution in [2.75, 3.05) is 32.7 Å². The van der Waals surface area contributed by atoms with Crippen molar-refractivity contribution in [3.8, 4) is 0 Å². The van der Waals surface area contributed by atoms with Crippen molar-refractivity contribution in [3.63, 3.8) is 0 Å². The van der Waals surface area contributed by atoms with E-state index in [-0.39, 0.29) is 0 Å². The summed E-state index contributed by atoms with van der Waals surface area (Å²) in [7, 11) is 0. The van der Waals surface area contributed by atoms with Gasteiger partial charge in [-0.2, -0.15) is 0 Å². The van der Waals surface area contributed by atoms with Gasteiger partial charge in [0.2, 0.25) is 0 Å². The fraction of sp³-hybridized carbons (Fsp3) is 1.00. The first-order valence-corrected chi connectivity index (χ1v) is 7.88. The second kappa shape index (κ2) is 8.10. The molecule has 0 aromatic rings. The number of rotatable bonds is 7. The van der Waals surface area contributed by atoms with Gasteiger partial charge in [0.05, 0.1) is 0 Å². The molecule has 0 unspecified atom stereocenters. The Balaban J connectivity index is 1.38. The van der Waals surface area contributed by atoms with Crippen LogP contribution < -0.4 is 5.32 Å². The van der Waals surface area contributed by atoms with Crippen LogP contribution in [0.1, 0.15) is 57.8 Å². The van der Waals surface area contributed by atoms with Crippen molar-refractivity contribution in [1.29, 1.82) is 0 Å². The Kier molecular flexibility index (Phi) is 6.36. The molecule has 100 valence electrons. The molecule has 0 radical (unpaired) electrons. The van der Waals surface area contributed by atoms with Gasteiger partial charge in [-0.15, -0.1) is 0 Å². The van der Waals surface area contributed by atoms with Crippen LogP contribution in [0.3, 0.4) is 0 Å². The monoisotopic (exact) mass is 238 g/mol. The van der Waals surface area contributed by atoms with Gasteiger partial charge in [0, 0.05) is 0 Å². The highest BCUT2D eigenvalue weighted by Gasteiger charge is 2.12. The maximum absolute atomic E-state index is 3.45. The molecular formula is C15H30N2. The highest BCUT2D eigenvalue weighted by Crippen LogP contribution is 2.19. The largest absolute Gasteiger partial charge is 0.317 e. The minimum absolute atomic E-state index is 1.04. The normalized spacial score (nSPS) is 23.3. The van der Waals surface area contributed by atoms with E-state index in [1.54, 1.807) is 0 Å². The Labute approximate surface area is 107 Å². The minimum atomic E-state index is 1.04. The van der Waals surface area contributed by atoms with Gasteiger partial charge in [-0.3, -0.25) is 0 Å². The van der Waals surface area contributed by atoms with E-state index >= 15 is 0 Å². The van der Waals surface area contributed by atoms with E-state index in [2.05, 4.69) is 10.2 Å². The zero-order valence-electron chi connectivity index (χ0n) is 11.4. The molecule has 0 aliphatic carbocycles. The molecule has 2 saturated heterocycles. The summed E-state index contributed by atoms with van der Waals surface area (Å²) in [5.74, 6) is 1.04. The third-order valence-electron chi connectivity index (χ3n) is 4.49. The van der Waals surface area contributed by atoms with Crippen LogP contribution in [0.15, 0.2) is 0 Å². The maximum Gasteiger partial charge on any atom is -0.00183 e. The van der Waals surface area contributed by atoms with Crippen LogP contribution in [0.2, 0.25) is 0 Å². The predicted molar refractivity (Wildman–Crippen MR) is 74.4 cm³/mol. The predicted octanol–water partition coefficient (Wildman–Crippen LogP) is 3.03. The number of piperidine rings is 1. The Bertz CT molecular complexity index is 181. The van der Waals surface area contributed by atoms with E-state index in [4.69, 9.17) is 0 Å². The van der Waals surface area contributed by atoms with Crippen LogP contribution in [-0.4, -0.2) is 37.6 Å². The van der Waals surface area contributed by atoms with Gasteiger partial charge in [0.1, 0.15) is 0 Å². The second-order valence-electron chi connectivity index (χ2n) is 5.95. The van der Waals surface area contributed by atoms with Gasteiger partial charge in [-0.05, 0) is 70.7 Å². The molecule has 0 aromatic heterocycles. The SMILES string of the molecule is C(CCCN1CCCC1)CCC1CCNCC1. The lowest BCUT2D eigenvalue weighted by Crippen LogP contribution is -2.27. The van der Waals surface area contributed by atoms with Crippen molar-refractivity contribution < 1.29 is 0 Å². The number of hydrogen-bond acceptors (Lipinski definition) is 2. The zero-order chi connectivity index (χ0) is 11.8. The van der Waals surface area contributed by atoms with Crippen molar-refractivity contribution in [3.05, 3.63) is 0 Å². The topological polar surface area (TPSA) is 15.3 Å². The molecule has 0 atom stereocenters. The lowest BCUT2D eigenvalue weighted by Gasteiger charge is -2.22. The molecule has 2 heteroatoms. The molecule has 2 aliphatic rings. The molecule has 1 N–H and O–H groups in total. The van der Waals surface area contributed by atoms with Gasteiger partial charge in [-0.1, -0.05) is 25.7 Å². The van der Waals surface area contributed by atoms with E-state index in [1.165, 1.54) is 90.5 Å². The van der Waals surface area contributed by atoms with Gasteiger partial charge in [0.25, 0.3) is 0 Å². The Morgan fingerprint density at radius 1 is 0.882 bits per heavy atom. The van der Waals surface area contributed by atoms with Crippen LogP contribution in [0.4, 0.5) is 0 Å². The average molecular weight is 238 g/mol. The molecule has 0 aromatic carbocycles. The maximum atomic E-state index is 3.45. The van der Waals surface area contributed by atoms with Gasteiger partial charge in [-0.25, -0.2) is 0 Å². The number of likely N-dealkylation sites (tertiary alicyclic amines) is 1. The van der Waals surface area contributed by atoms with E-state index in [0.29, 0.717) is 0 Å². The summed E-state index contributed by atoms with van der Waals surface area (Å²) >= 11 is 0.